The van der Waals surface area contributed by atoms with Gasteiger partial charge >= 0.3 is 0 Å². The van der Waals surface area contributed by atoms with Crippen molar-refractivity contribution in [3.63, 3.8) is 0 Å². The van der Waals surface area contributed by atoms with Crippen LogP contribution in [0.5, 0.6) is 0 Å². The van der Waals surface area contributed by atoms with E-state index in [9.17, 15) is 0 Å². The van der Waals surface area contributed by atoms with Crippen molar-refractivity contribution in [2.45, 2.75) is 6.42 Å². The molecule has 0 aliphatic rings. The summed E-state index contributed by atoms with van der Waals surface area (Å²) in [7, 11) is 0. The molecule has 0 nitrogen and oxygen atoms in total. The van der Waals surface area contributed by atoms with E-state index < -0.39 is 0 Å². The first-order valence-electron chi connectivity index (χ1n) is 3.62. The first kappa shape index (κ1) is 10.7. The molecule has 0 radical (unpaired) electrons. The van der Waals surface area contributed by atoms with Gasteiger partial charge in [-0.3, -0.25) is 0 Å². The van der Waals surface area contributed by atoms with Crippen LogP contribution in [0.25, 0.3) is 0 Å². The Bertz CT molecular complexity index is 406. The van der Waals surface area contributed by atoms with Gasteiger partial charge in [0.15, 0.2) is 0 Å². The first-order chi connectivity index (χ1) is 6.41. The fourth-order valence-electron chi connectivity index (χ4n) is 0.380. The highest BCUT2D eigenvalue weighted by molar-refractivity contribution is 5.40. The lowest BCUT2D eigenvalue weighted by Crippen LogP contribution is -1.56. The monoisotopic (exact) mass is 164 g/mol. The first-order valence-corrected chi connectivity index (χ1v) is 3.62. The van der Waals surface area contributed by atoms with Crippen LogP contribution in [0.4, 0.5) is 0 Å². The average molecular weight is 164 g/mol. The molecule has 0 aromatic rings. The average Bonchev–Trinajstić information content (AvgIpc) is 2.16. The maximum atomic E-state index is 3.52. The van der Waals surface area contributed by atoms with E-state index in [4.69, 9.17) is 0 Å². The van der Waals surface area contributed by atoms with Gasteiger partial charge in [0.2, 0.25) is 0 Å². The van der Waals surface area contributed by atoms with Crippen molar-refractivity contribution in [1.29, 1.82) is 0 Å². The molecule has 0 saturated heterocycles. The van der Waals surface area contributed by atoms with Gasteiger partial charge in [-0.1, -0.05) is 24.5 Å². The van der Waals surface area contributed by atoms with E-state index in [1.807, 2.05) is 0 Å². The molecule has 0 aliphatic heterocycles. The van der Waals surface area contributed by atoms with Crippen LogP contribution in [0, 0.1) is 47.4 Å². The summed E-state index contributed by atoms with van der Waals surface area (Å²) in [5, 5.41) is 0. The highest BCUT2D eigenvalue weighted by Gasteiger charge is 1.59. The third-order valence-electron chi connectivity index (χ3n) is 0.822. The van der Waals surface area contributed by atoms with Gasteiger partial charge in [-0.2, -0.15) is 0 Å². The molecule has 0 aromatic heterocycles. The maximum absolute atomic E-state index is 3.52. The minimum Gasteiger partial charge on any atom is -0.102 e. The van der Waals surface area contributed by atoms with E-state index in [0.717, 1.165) is 0 Å². The minimum absolute atomic E-state index is 0.651. The topological polar surface area (TPSA) is 0 Å². The predicted octanol–water partition coefficient (Wildman–Crippen LogP) is 1.76. The maximum Gasteiger partial charge on any atom is 0.0277 e. The Morgan fingerprint density at radius 1 is 0.846 bits per heavy atom. The molecule has 0 bridgehead atoms. The van der Waals surface area contributed by atoms with E-state index >= 15 is 0 Å². The van der Waals surface area contributed by atoms with Gasteiger partial charge in [0.25, 0.3) is 0 Å². The van der Waals surface area contributed by atoms with Crippen LogP contribution < -0.4 is 0 Å². The summed E-state index contributed by atoms with van der Waals surface area (Å²) in [6.45, 7) is 6.94. The van der Waals surface area contributed by atoms with Gasteiger partial charge in [0.05, 0.1) is 0 Å². The van der Waals surface area contributed by atoms with Crippen molar-refractivity contribution in [1.82, 2.24) is 0 Å². The highest BCUT2D eigenvalue weighted by atomic mass is 13.6. The van der Waals surface area contributed by atoms with Gasteiger partial charge in [-0.25, -0.2) is 0 Å². The molecule has 13 heavy (non-hydrogen) atoms. The number of hydrogen-bond acceptors (Lipinski definition) is 0. The lowest BCUT2D eigenvalue weighted by molar-refractivity contribution is 1.49. The van der Waals surface area contributed by atoms with Crippen molar-refractivity contribution in [2.24, 2.45) is 0 Å². The second-order valence-electron chi connectivity index (χ2n) is 1.77. The molecular formula is C13H8. The van der Waals surface area contributed by atoms with Crippen molar-refractivity contribution in [3.05, 3.63) is 25.3 Å². The zero-order valence-corrected chi connectivity index (χ0v) is 7.28. The summed E-state index contributed by atoms with van der Waals surface area (Å²) in [5.41, 5.74) is 0. The van der Waals surface area contributed by atoms with Crippen LogP contribution in [-0.4, -0.2) is 0 Å². The largest absolute Gasteiger partial charge is 0.102 e. The third-order valence-corrected chi connectivity index (χ3v) is 0.822. The summed E-state index contributed by atoms with van der Waals surface area (Å²) >= 11 is 0. The predicted molar refractivity (Wildman–Crippen MR) is 56.1 cm³/mol. The highest BCUT2D eigenvalue weighted by Crippen LogP contribution is 1.71. The summed E-state index contributed by atoms with van der Waals surface area (Å²) in [5.74, 6) is 20.7. The van der Waals surface area contributed by atoms with Gasteiger partial charge in [0, 0.05) is 6.42 Å². The SMILES string of the molecule is C=CC#CC#CC#CC#CCC=C. The zero-order chi connectivity index (χ0) is 9.78. The van der Waals surface area contributed by atoms with E-state index in [0.29, 0.717) is 6.42 Å². The van der Waals surface area contributed by atoms with Crippen molar-refractivity contribution >= 4 is 0 Å². The lowest BCUT2D eigenvalue weighted by atomic mass is 10.4. The third kappa shape index (κ3) is 9.72. The number of allylic oxidation sites excluding steroid dienone is 2. The van der Waals surface area contributed by atoms with Gasteiger partial charge in [0.1, 0.15) is 0 Å². The molecule has 0 unspecified atom stereocenters. The number of hydrogen-bond donors (Lipinski definition) is 0. The number of rotatable bonds is 1. The quantitative estimate of drug-likeness (QED) is 0.409. The summed E-state index contributed by atoms with van der Waals surface area (Å²) in [6.07, 6.45) is 3.85. The van der Waals surface area contributed by atoms with Gasteiger partial charge in [-0.15, -0.1) is 6.58 Å². The van der Waals surface area contributed by atoms with Crippen molar-refractivity contribution < 1.29 is 0 Å². The smallest absolute Gasteiger partial charge is 0.0277 e. The Balaban J connectivity index is 3.98. The molecule has 0 heterocycles. The molecule has 0 spiro atoms. The molecule has 0 rings (SSSR count). The van der Waals surface area contributed by atoms with Crippen LogP contribution >= 0.6 is 0 Å². The molecule has 60 valence electrons. The van der Waals surface area contributed by atoms with Gasteiger partial charge < -0.3 is 0 Å². The van der Waals surface area contributed by atoms with E-state index in [-0.39, 0.29) is 0 Å². The van der Waals surface area contributed by atoms with E-state index in [2.05, 4.69) is 60.5 Å². The standard InChI is InChI=1S/C13H8/c1-3-5-7-9-11-13-12-10-8-6-4-2/h3-4H,1-2,5H2. The molecule has 0 heteroatoms. The second kappa shape index (κ2) is 9.72. The summed E-state index contributed by atoms with van der Waals surface area (Å²) in [4.78, 5) is 0. The van der Waals surface area contributed by atoms with Gasteiger partial charge in [-0.05, 0) is 41.6 Å². The van der Waals surface area contributed by atoms with E-state index in [1.54, 1.807) is 6.08 Å². The van der Waals surface area contributed by atoms with Crippen molar-refractivity contribution in [2.75, 3.05) is 0 Å². The van der Waals surface area contributed by atoms with Crippen LogP contribution in [0.15, 0.2) is 25.3 Å². The molecule has 0 amide bonds. The summed E-state index contributed by atoms with van der Waals surface area (Å²) in [6, 6.07) is 0. The molecule has 0 N–H and O–H groups in total. The fraction of sp³-hybridized carbons (Fsp3) is 0.0769. The Morgan fingerprint density at radius 3 is 2.08 bits per heavy atom. The zero-order valence-electron chi connectivity index (χ0n) is 7.28. The normalized spacial score (nSPS) is 4.92. The van der Waals surface area contributed by atoms with Crippen LogP contribution in [0.3, 0.4) is 0 Å². The minimum atomic E-state index is 0.651. The Kier molecular flexibility index (Phi) is 8.02. The molecule has 0 saturated carbocycles. The Morgan fingerprint density at radius 2 is 1.46 bits per heavy atom. The molecule has 0 fully saturated rings. The molecule has 0 atom stereocenters. The van der Waals surface area contributed by atoms with Crippen LogP contribution in [0.2, 0.25) is 0 Å². The van der Waals surface area contributed by atoms with Crippen molar-refractivity contribution in [3.8, 4) is 47.4 Å². The van der Waals surface area contributed by atoms with Crippen LogP contribution in [-0.2, 0) is 0 Å². The van der Waals surface area contributed by atoms with E-state index in [1.165, 1.54) is 6.08 Å². The fourth-order valence-corrected chi connectivity index (χ4v) is 0.380. The Hall–Kier alpha value is -2.28. The molecule has 0 aliphatic carbocycles. The molecule has 0 aromatic carbocycles. The van der Waals surface area contributed by atoms with Crippen LogP contribution in [0.1, 0.15) is 6.42 Å². The molecular weight excluding hydrogens is 156 g/mol. The summed E-state index contributed by atoms with van der Waals surface area (Å²) < 4.78 is 0. The second-order valence-corrected chi connectivity index (χ2v) is 1.77. The Labute approximate surface area is 79.7 Å². The lowest BCUT2D eigenvalue weighted by Gasteiger charge is -1.64.